The molecule has 0 bridgehead atoms. The number of primary amides is 1. The van der Waals surface area contributed by atoms with Gasteiger partial charge in [-0.1, -0.05) is 86.6 Å². The van der Waals surface area contributed by atoms with Crippen LogP contribution in [-0.2, 0) is 52.8 Å². The molecule has 0 spiro atoms. The molecule has 2 fully saturated rings. The number of nitrogens with zero attached hydrogens (tertiary/aromatic N) is 2. The quantitative estimate of drug-likeness (QED) is 0.0773. The van der Waals surface area contributed by atoms with E-state index in [0.29, 0.717) is 44.4 Å². The molecule has 3 aromatic carbocycles. The lowest BCUT2D eigenvalue weighted by atomic mass is 10.0. The first-order valence-electron chi connectivity index (χ1n) is 22.4. The number of nitrogens with two attached hydrogens (primary N) is 2. The first kappa shape index (κ1) is 50.1. The highest BCUT2D eigenvalue weighted by molar-refractivity contribution is 7.98. The third-order valence-corrected chi connectivity index (χ3v) is 12.5. The zero-order valence-electron chi connectivity index (χ0n) is 37.4. The van der Waals surface area contributed by atoms with Crippen molar-refractivity contribution in [2.75, 3.05) is 25.1 Å². The molecule has 0 saturated carbocycles. The third kappa shape index (κ3) is 14.5. The predicted molar refractivity (Wildman–Crippen MR) is 249 cm³/mol. The molecular weight excluding hydrogens is 849 g/mol. The van der Waals surface area contributed by atoms with E-state index in [1.54, 1.807) is 12.1 Å². The van der Waals surface area contributed by atoms with Crippen molar-refractivity contribution >= 4 is 53.1 Å². The number of carbonyl (C=O) groups excluding carboxylic acids is 7. The second kappa shape index (κ2) is 24.4. The summed E-state index contributed by atoms with van der Waals surface area (Å²) < 4.78 is 0. The molecule has 350 valence electrons. The van der Waals surface area contributed by atoms with Gasteiger partial charge < -0.3 is 47.6 Å². The molecule has 2 aliphatic heterocycles. The summed E-state index contributed by atoms with van der Waals surface area (Å²) in [5.74, 6) is -3.15. The van der Waals surface area contributed by atoms with Crippen molar-refractivity contribution in [1.82, 2.24) is 31.1 Å². The normalized spacial score (nSPS) is 18.2. The Labute approximate surface area is 385 Å². The lowest BCUT2D eigenvalue weighted by Crippen LogP contribution is -2.60. The predicted octanol–water partition coefficient (Wildman–Crippen LogP) is 1.95. The number of aromatic hydroxyl groups is 1. The molecule has 3 aromatic rings. The van der Waals surface area contributed by atoms with E-state index < -0.39 is 83.6 Å². The monoisotopic (exact) mass is 912 g/mol. The number of carbonyl (C=O) groups is 7. The zero-order valence-corrected chi connectivity index (χ0v) is 38.3. The summed E-state index contributed by atoms with van der Waals surface area (Å²) in [6.07, 6.45) is 4.56. The maximum absolute atomic E-state index is 14.7. The molecule has 65 heavy (non-hydrogen) atoms. The van der Waals surface area contributed by atoms with Crippen molar-refractivity contribution < 1.29 is 38.7 Å². The van der Waals surface area contributed by atoms with Crippen molar-refractivity contribution in [1.29, 1.82) is 0 Å². The second-order valence-electron chi connectivity index (χ2n) is 17.3. The van der Waals surface area contributed by atoms with Crippen LogP contribution >= 0.6 is 11.8 Å². The summed E-state index contributed by atoms with van der Waals surface area (Å²) in [6.45, 7) is 4.34. The largest absolute Gasteiger partial charge is 0.508 e. The molecule has 7 atom stereocenters. The van der Waals surface area contributed by atoms with E-state index >= 15 is 0 Å². The average molecular weight is 913 g/mol. The SMILES string of the molecule is CSCC[C@H](NC(=O)[C@H](CC(C)C)NC(=O)[C@@H]1CCCN1C(=O)[C@H](Cc1ccccc1)NC(=O)[C@H](Cc1ccccc1)NC(=O)[C@@H]1CCCN1C(=O)[C@@H](N)Cc1ccc(O)cc1)C(N)=O. The lowest BCUT2D eigenvalue weighted by molar-refractivity contribution is -0.143. The number of amides is 7. The van der Waals surface area contributed by atoms with Crippen LogP contribution in [0.1, 0.15) is 69.1 Å². The summed E-state index contributed by atoms with van der Waals surface area (Å²) >= 11 is 1.51. The number of nitrogens with one attached hydrogen (secondary N) is 4. The van der Waals surface area contributed by atoms with Gasteiger partial charge >= 0.3 is 0 Å². The first-order chi connectivity index (χ1) is 31.1. The Bertz CT molecular complexity index is 2090. The summed E-state index contributed by atoms with van der Waals surface area (Å²) in [6, 6.07) is 17.6. The Morgan fingerprint density at radius 2 is 1.12 bits per heavy atom. The van der Waals surface area contributed by atoms with E-state index in [9.17, 15) is 38.7 Å². The summed E-state index contributed by atoms with van der Waals surface area (Å²) in [4.78, 5) is 99.7. The van der Waals surface area contributed by atoms with Crippen LogP contribution in [0.15, 0.2) is 84.9 Å². The van der Waals surface area contributed by atoms with Crippen LogP contribution in [0.4, 0.5) is 0 Å². The van der Waals surface area contributed by atoms with Crippen LogP contribution in [0.25, 0.3) is 0 Å². The van der Waals surface area contributed by atoms with E-state index in [1.807, 2.05) is 80.8 Å². The highest BCUT2D eigenvalue weighted by Crippen LogP contribution is 2.23. The molecule has 7 amide bonds. The molecule has 5 rings (SSSR count). The number of benzene rings is 3. The van der Waals surface area contributed by atoms with Crippen LogP contribution in [-0.4, -0.2) is 124 Å². The number of phenolic OH excluding ortho intramolecular Hbond substituents is 1. The molecule has 0 unspecified atom stereocenters. The van der Waals surface area contributed by atoms with Gasteiger partial charge in [0.05, 0.1) is 6.04 Å². The molecule has 9 N–H and O–H groups in total. The fourth-order valence-electron chi connectivity index (χ4n) is 8.41. The Morgan fingerprint density at radius 1 is 0.646 bits per heavy atom. The van der Waals surface area contributed by atoms with Gasteiger partial charge in [-0.25, -0.2) is 0 Å². The number of hydrogen-bond donors (Lipinski definition) is 7. The van der Waals surface area contributed by atoms with E-state index in [-0.39, 0.29) is 43.9 Å². The Balaban J connectivity index is 1.34. The van der Waals surface area contributed by atoms with Crippen LogP contribution in [0, 0.1) is 5.92 Å². The third-order valence-electron chi connectivity index (χ3n) is 11.8. The minimum Gasteiger partial charge on any atom is -0.508 e. The van der Waals surface area contributed by atoms with Gasteiger partial charge in [0.25, 0.3) is 0 Å². The van der Waals surface area contributed by atoms with Crippen LogP contribution in [0.5, 0.6) is 5.75 Å². The van der Waals surface area contributed by atoms with Crippen molar-refractivity contribution in [2.24, 2.45) is 17.4 Å². The average Bonchev–Trinajstić information content (AvgIpc) is 3.99. The molecule has 0 radical (unpaired) electrons. The Kier molecular flexibility index (Phi) is 18.8. The van der Waals surface area contributed by atoms with Crippen molar-refractivity contribution in [3.8, 4) is 5.75 Å². The molecule has 0 aliphatic carbocycles. The summed E-state index contributed by atoms with van der Waals surface area (Å²) in [5.41, 5.74) is 14.2. The Morgan fingerprint density at radius 3 is 1.65 bits per heavy atom. The van der Waals surface area contributed by atoms with Crippen molar-refractivity contribution in [3.05, 3.63) is 102 Å². The van der Waals surface area contributed by atoms with Gasteiger partial charge in [-0.05, 0) is 91.7 Å². The number of thioether (sulfide) groups is 1. The molecule has 16 nitrogen and oxygen atoms in total. The fourth-order valence-corrected chi connectivity index (χ4v) is 8.88. The van der Waals surface area contributed by atoms with Gasteiger partial charge in [0, 0.05) is 25.9 Å². The second-order valence-corrected chi connectivity index (χ2v) is 18.3. The van der Waals surface area contributed by atoms with Gasteiger partial charge in [0.15, 0.2) is 0 Å². The van der Waals surface area contributed by atoms with Gasteiger partial charge in [0.2, 0.25) is 41.4 Å². The molecule has 17 heteroatoms. The number of likely N-dealkylation sites (tertiary alicyclic amines) is 2. The number of rotatable bonds is 22. The van der Waals surface area contributed by atoms with Gasteiger partial charge in [-0.2, -0.15) is 11.8 Å². The fraction of sp³-hybridized carbons (Fsp3) is 0.479. The van der Waals surface area contributed by atoms with Gasteiger partial charge in [0.1, 0.15) is 42.0 Å². The minimum atomic E-state index is -1.16. The lowest BCUT2D eigenvalue weighted by Gasteiger charge is -2.32. The van der Waals surface area contributed by atoms with E-state index in [2.05, 4.69) is 21.3 Å². The van der Waals surface area contributed by atoms with Crippen LogP contribution in [0.3, 0.4) is 0 Å². The first-order valence-corrected chi connectivity index (χ1v) is 23.8. The topological polar surface area (TPSA) is 246 Å². The maximum atomic E-state index is 14.7. The molecule has 2 aliphatic rings. The molecule has 2 saturated heterocycles. The number of phenols is 1. The van der Waals surface area contributed by atoms with E-state index in [4.69, 9.17) is 11.5 Å². The van der Waals surface area contributed by atoms with E-state index in [0.717, 1.165) is 16.7 Å². The molecule has 0 aromatic heterocycles. The van der Waals surface area contributed by atoms with E-state index in [1.165, 1.54) is 33.7 Å². The standard InChI is InChI=1S/C48H64N8O8S/c1-30(2)26-37(43(59)51-36(42(50)58)22-25-65-3)52-46(62)41-17-11-24-56(41)48(64)39(29-32-14-8-5-9-15-32)54-44(60)38(28-31-12-6-4-7-13-31)53-45(61)40-16-10-23-55(40)47(63)35(49)27-33-18-20-34(57)21-19-33/h4-9,12-15,18-21,30,35-41,57H,10-11,16-17,22-29,49H2,1-3H3,(H2,50,58)(H,51,59)(H,52,62)(H,53,61)(H,54,60)/t35-,36-,37-,38-,39-,40-,41-/m0/s1. The maximum Gasteiger partial charge on any atom is 0.246 e. The highest BCUT2D eigenvalue weighted by atomic mass is 32.2. The summed E-state index contributed by atoms with van der Waals surface area (Å²) in [5, 5.41) is 21.1. The van der Waals surface area contributed by atoms with Crippen molar-refractivity contribution in [3.63, 3.8) is 0 Å². The van der Waals surface area contributed by atoms with Gasteiger partial charge in [-0.3, -0.25) is 33.6 Å². The Hall–Kier alpha value is -5.94. The smallest absolute Gasteiger partial charge is 0.246 e. The van der Waals surface area contributed by atoms with Crippen LogP contribution in [0.2, 0.25) is 0 Å². The molecular formula is C48H64N8O8S. The van der Waals surface area contributed by atoms with Crippen LogP contribution < -0.4 is 32.7 Å². The molecule has 2 heterocycles. The van der Waals surface area contributed by atoms with Crippen molar-refractivity contribution in [2.45, 2.75) is 114 Å². The zero-order chi connectivity index (χ0) is 47.0. The minimum absolute atomic E-state index is 0.00764. The highest BCUT2D eigenvalue weighted by Gasteiger charge is 2.41. The number of hydrogen-bond acceptors (Lipinski definition) is 10. The summed E-state index contributed by atoms with van der Waals surface area (Å²) in [7, 11) is 0. The van der Waals surface area contributed by atoms with Gasteiger partial charge in [-0.15, -0.1) is 0 Å².